The van der Waals surface area contributed by atoms with Gasteiger partial charge in [0.1, 0.15) is 11.5 Å². The summed E-state index contributed by atoms with van der Waals surface area (Å²) in [5.41, 5.74) is 1.34. The van der Waals surface area contributed by atoms with E-state index in [9.17, 15) is 0 Å². The van der Waals surface area contributed by atoms with Crippen LogP contribution in [0.15, 0.2) is 48.5 Å². The van der Waals surface area contributed by atoms with E-state index in [-0.39, 0.29) is 0 Å². The maximum atomic E-state index is 9.14. The molecule has 17 heavy (non-hydrogen) atoms. The second-order valence-corrected chi connectivity index (χ2v) is 3.87. The quantitative estimate of drug-likeness (QED) is 0.782. The lowest BCUT2D eigenvalue weighted by molar-refractivity contribution is 0.425. The third-order valence-corrected chi connectivity index (χ3v) is 2.35. The van der Waals surface area contributed by atoms with E-state index in [1.165, 1.54) is 0 Å². The molecule has 0 saturated heterocycles. The Bertz CT molecular complexity index is 497. The van der Waals surface area contributed by atoms with Crippen LogP contribution in [0.3, 0.4) is 0 Å². The van der Waals surface area contributed by atoms with Crippen LogP contribution in [0.5, 0.6) is 11.5 Å². The zero-order valence-corrected chi connectivity index (χ0v) is 9.50. The molecular formula is C13H13BO3. The van der Waals surface area contributed by atoms with Gasteiger partial charge in [-0.15, -0.1) is 0 Å². The van der Waals surface area contributed by atoms with Crippen molar-refractivity contribution in [1.82, 2.24) is 0 Å². The molecule has 0 aliphatic rings. The van der Waals surface area contributed by atoms with Crippen molar-refractivity contribution in [2.45, 2.75) is 6.92 Å². The first kappa shape index (κ1) is 11.7. The summed E-state index contributed by atoms with van der Waals surface area (Å²) < 4.78 is 5.63. The number of ether oxygens (including phenoxy) is 1. The van der Waals surface area contributed by atoms with Gasteiger partial charge in [-0.2, -0.15) is 0 Å². The molecule has 2 rings (SSSR count). The highest BCUT2D eigenvalue weighted by atomic mass is 16.5. The molecule has 4 heteroatoms. The highest BCUT2D eigenvalue weighted by molar-refractivity contribution is 6.58. The van der Waals surface area contributed by atoms with Gasteiger partial charge in [0, 0.05) is 0 Å². The van der Waals surface area contributed by atoms with Crippen LogP contribution in [0, 0.1) is 6.92 Å². The van der Waals surface area contributed by atoms with Crippen molar-refractivity contribution in [2.75, 3.05) is 0 Å². The summed E-state index contributed by atoms with van der Waals surface area (Å²) in [7, 11) is -1.48. The van der Waals surface area contributed by atoms with Crippen LogP contribution in [0.1, 0.15) is 5.56 Å². The van der Waals surface area contributed by atoms with Crippen molar-refractivity contribution in [3.05, 3.63) is 54.1 Å². The average Bonchev–Trinajstić information content (AvgIpc) is 2.29. The maximum Gasteiger partial charge on any atom is 0.488 e. The normalized spacial score (nSPS) is 10.1. The fourth-order valence-corrected chi connectivity index (χ4v) is 1.61. The number of benzene rings is 2. The SMILES string of the molecule is Cc1cc(Oc2ccccc2)cc(B(O)O)c1. The summed E-state index contributed by atoms with van der Waals surface area (Å²) in [5.74, 6) is 1.32. The summed E-state index contributed by atoms with van der Waals surface area (Å²) in [5, 5.41) is 18.3. The molecule has 0 spiro atoms. The lowest BCUT2D eigenvalue weighted by Crippen LogP contribution is -2.29. The fraction of sp³-hybridized carbons (Fsp3) is 0.0769. The van der Waals surface area contributed by atoms with Gasteiger partial charge in [-0.1, -0.05) is 24.3 Å². The molecule has 0 bridgehead atoms. The Labute approximate surface area is 100 Å². The largest absolute Gasteiger partial charge is 0.488 e. The molecule has 2 aromatic carbocycles. The van der Waals surface area contributed by atoms with Crippen LogP contribution < -0.4 is 10.2 Å². The number of hydrogen-bond acceptors (Lipinski definition) is 3. The number of para-hydroxylation sites is 1. The number of rotatable bonds is 3. The zero-order chi connectivity index (χ0) is 12.3. The smallest absolute Gasteiger partial charge is 0.457 e. The standard InChI is InChI=1S/C13H13BO3/c1-10-7-11(14(15)16)9-13(8-10)17-12-5-3-2-4-6-12/h2-9,15-16H,1H3. The van der Waals surface area contributed by atoms with Gasteiger partial charge < -0.3 is 14.8 Å². The second kappa shape index (κ2) is 5.04. The molecule has 0 aliphatic carbocycles. The Morgan fingerprint density at radius 3 is 2.29 bits per heavy atom. The minimum absolute atomic E-state index is 0.427. The van der Waals surface area contributed by atoms with Gasteiger partial charge in [0.15, 0.2) is 0 Å². The molecule has 0 fully saturated rings. The Morgan fingerprint density at radius 2 is 1.65 bits per heavy atom. The van der Waals surface area contributed by atoms with Gasteiger partial charge in [-0.05, 0) is 42.2 Å². The van der Waals surface area contributed by atoms with Gasteiger partial charge in [0.25, 0.3) is 0 Å². The van der Waals surface area contributed by atoms with Gasteiger partial charge in [-0.3, -0.25) is 0 Å². The van der Waals surface area contributed by atoms with E-state index >= 15 is 0 Å². The van der Waals surface area contributed by atoms with E-state index in [4.69, 9.17) is 14.8 Å². The van der Waals surface area contributed by atoms with Crippen molar-refractivity contribution in [3.63, 3.8) is 0 Å². The van der Waals surface area contributed by atoms with Crippen molar-refractivity contribution in [3.8, 4) is 11.5 Å². The predicted molar refractivity (Wildman–Crippen MR) is 67.5 cm³/mol. The summed E-state index contributed by atoms with van der Waals surface area (Å²) in [6.45, 7) is 1.88. The number of aryl methyl sites for hydroxylation is 1. The zero-order valence-electron chi connectivity index (χ0n) is 9.50. The van der Waals surface area contributed by atoms with Crippen LogP contribution in [-0.2, 0) is 0 Å². The first-order valence-electron chi connectivity index (χ1n) is 5.36. The summed E-state index contributed by atoms with van der Waals surface area (Å²) in [6, 6.07) is 14.5. The second-order valence-electron chi connectivity index (χ2n) is 3.87. The van der Waals surface area contributed by atoms with Gasteiger partial charge >= 0.3 is 7.12 Å². The molecule has 0 atom stereocenters. The first-order valence-corrected chi connectivity index (χ1v) is 5.36. The molecular weight excluding hydrogens is 215 g/mol. The summed E-state index contributed by atoms with van der Waals surface area (Å²) in [6.07, 6.45) is 0. The van der Waals surface area contributed by atoms with Crippen molar-refractivity contribution >= 4 is 12.6 Å². The van der Waals surface area contributed by atoms with E-state index in [1.54, 1.807) is 12.1 Å². The van der Waals surface area contributed by atoms with E-state index in [2.05, 4.69) is 0 Å². The van der Waals surface area contributed by atoms with Crippen LogP contribution >= 0.6 is 0 Å². The van der Waals surface area contributed by atoms with Crippen LogP contribution in [-0.4, -0.2) is 17.2 Å². The molecule has 0 radical (unpaired) electrons. The highest BCUT2D eigenvalue weighted by Crippen LogP contribution is 2.20. The Hall–Kier alpha value is -1.78. The molecule has 0 aromatic heterocycles. The third-order valence-electron chi connectivity index (χ3n) is 2.35. The Balaban J connectivity index is 2.27. The lowest BCUT2D eigenvalue weighted by atomic mass is 9.79. The minimum Gasteiger partial charge on any atom is -0.457 e. The van der Waals surface area contributed by atoms with Crippen LogP contribution in [0.2, 0.25) is 0 Å². The van der Waals surface area contributed by atoms with E-state index in [0.717, 1.165) is 11.3 Å². The van der Waals surface area contributed by atoms with Crippen molar-refractivity contribution in [1.29, 1.82) is 0 Å². The Kier molecular flexibility index (Phi) is 3.47. The molecule has 3 nitrogen and oxygen atoms in total. The number of hydrogen-bond donors (Lipinski definition) is 2. The molecule has 0 unspecified atom stereocenters. The molecule has 0 amide bonds. The molecule has 0 aliphatic heterocycles. The summed E-state index contributed by atoms with van der Waals surface area (Å²) in [4.78, 5) is 0. The molecule has 2 aromatic rings. The average molecular weight is 228 g/mol. The van der Waals surface area contributed by atoms with Crippen LogP contribution in [0.4, 0.5) is 0 Å². The van der Waals surface area contributed by atoms with Crippen LogP contribution in [0.25, 0.3) is 0 Å². The summed E-state index contributed by atoms with van der Waals surface area (Å²) >= 11 is 0. The van der Waals surface area contributed by atoms with Crippen molar-refractivity contribution in [2.24, 2.45) is 0 Å². The van der Waals surface area contributed by atoms with E-state index < -0.39 is 7.12 Å². The predicted octanol–water partition coefficient (Wildman–Crippen LogP) is 1.47. The Morgan fingerprint density at radius 1 is 0.941 bits per heavy atom. The monoisotopic (exact) mass is 228 g/mol. The van der Waals surface area contributed by atoms with Gasteiger partial charge in [-0.25, -0.2) is 0 Å². The van der Waals surface area contributed by atoms with E-state index in [1.807, 2.05) is 43.3 Å². The molecule has 0 heterocycles. The van der Waals surface area contributed by atoms with E-state index in [0.29, 0.717) is 11.2 Å². The van der Waals surface area contributed by atoms with Gasteiger partial charge in [0.2, 0.25) is 0 Å². The molecule has 2 N–H and O–H groups in total. The topological polar surface area (TPSA) is 49.7 Å². The highest BCUT2D eigenvalue weighted by Gasteiger charge is 2.12. The fourth-order valence-electron chi connectivity index (χ4n) is 1.61. The molecule has 86 valence electrons. The molecule has 0 saturated carbocycles. The lowest BCUT2D eigenvalue weighted by Gasteiger charge is -2.08. The van der Waals surface area contributed by atoms with Gasteiger partial charge in [0.05, 0.1) is 0 Å². The van der Waals surface area contributed by atoms with Crippen molar-refractivity contribution < 1.29 is 14.8 Å². The minimum atomic E-state index is -1.48. The maximum absolute atomic E-state index is 9.14. The third kappa shape index (κ3) is 3.09. The first-order chi connectivity index (χ1) is 8.15.